The Labute approximate surface area is 128 Å². The molecule has 22 heavy (non-hydrogen) atoms. The van der Waals surface area contributed by atoms with Crippen molar-refractivity contribution in [3.05, 3.63) is 29.8 Å². The summed E-state index contributed by atoms with van der Waals surface area (Å²) in [5.41, 5.74) is 5.96. The van der Waals surface area contributed by atoms with Crippen molar-refractivity contribution in [2.45, 2.75) is 30.2 Å². The van der Waals surface area contributed by atoms with Crippen molar-refractivity contribution in [3.8, 4) is 0 Å². The van der Waals surface area contributed by atoms with Crippen LogP contribution in [-0.4, -0.2) is 32.8 Å². The Kier molecular flexibility index (Phi) is 5.11. The van der Waals surface area contributed by atoms with Gasteiger partial charge in [-0.3, -0.25) is 15.0 Å². The summed E-state index contributed by atoms with van der Waals surface area (Å²) in [7, 11) is -3.69. The summed E-state index contributed by atoms with van der Waals surface area (Å²) in [6.45, 7) is 0.416. The molecule has 2 rings (SSSR count). The molecule has 8 nitrogen and oxygen atoms in total. The lowest BCUT2D eigenvalue weighted by atomic mass is 10.1. The molecular weight excluding hydrogens is 308 g/mol. The van der Waals surface area contributed by atoms with Gasteiger partial charge in [0.1, 0.15) is 6.04 Å². The maximum atomic E-state index is 11.9. The van der Waals surface area contributed by atoms with Crippen LogP contribution in [0.3, 0.4) is 0 Å². The molecule has 0 spiro atoms. The minimum Gasteiger partial charge on any atom is -0.354 e. The zero-order chi connectivity index (χ0) is 16.2. The van der Waals surface area contributed by atoms with Crippen LogP contribution in [0.15, 0.2) is 29.2 Å². The Hall–Kier alpha value is -1.97. The number of primary sulfonamides is 1. The van der Waals surface area contributed by atoms with Crippen LogP contribution < -0.4 is 21.3 Å². The maximum Gasteiger partial charge on any atom is 0.238 e. The molecule has 0 bridgehead atoms. The largest absolute Gasteiger partial charge is 0.354 e. The second-order valence-corrected chi connectivity index (χ2v) is 6.58. The first-order valence-corrected chi connectivity index (χ1v) is 8.35. The van der Waals surface area contributed by atoms with Crippen LogP contribution >= 0.6 is 0 Å². The van der Waals surface area contributed by atoms with E-state index in [-0.39, 0.29) is 16.7 Å². The minimum absolute atomic E-state index is 0.0578. The van der Waals surface area contributed by atoms with Crippen LogP contribution in [0, 0.1) is 0 Å². The van der Waals surface area contributed by atoms with E-state index in [1.807, 2.05) is 0 Å². The highest BCUT2D eigenvalue weighted by atomic mass is 32.2. The van der Waals surface area contributed by atoms with E-state index in [0.717, 1.165) is 5.56 Å². The van der Waals surface area contributed by atoms with Crippen LogP contribution in [0.4, 0.5) is 0 Å². The first-order valence-electron chi connectivity index (χ1n) is 6.80. The highest BCUT2D eigenvalue weighted by molar-refractivity contribution is 7.89. The van der Waals surface area contributed by atoms with Gasteiger partial charge in [0.25, 0.3) is 0 Å². The molecule has 1 aromatic carbocycles. The molecule has 1 heterocycles. The quantitative estimate of drug-likeness (QED) is 0.538. The topological polar surface area (TPSA) is 130 Å². The van der Waals surface area contributed by atoms with E-state index in [4.69, 9.17) is 5.14 Å². The van der Waals surface area contributed by atoms with E-state index in [9.17, 15) is 18.0 Å². The Morgan fingerprint density at radius 3 is 2.55 bits per heavy atom. The van der Waals surface area contributed by atoms with Gasteiger partial charge in [0.2, 0.25) is 21.8 Å². The van der Waals surface area contributed by atoms with Gasteiger partial charge in [-0.15, -0.1) is 0 Å². The number of hydrazine groups is 1. The van der Waals surface area contributed by atoms with E-state index in [1.165, 1.54) is 12.1 Å². The van der Waals surface area contributed by atoms with Gasteiger partial charge in [-0.2, -0.15) is 0 Å². The highest BCUT2D eigenvalue weighted by Gasteiger charge is 2.23. The number of amides is 2. The molecular formula is C13H18N4O4S. The molecule has 1 aliphatic rings. The number of hydrogen-bond donors (Lipinski definition) is 4. The summed E-state index contributed by atoms with van der Waals surface area (Å²) < 4.78 is 22.3. The van der Waals surface area contributed by atoms with E-state index < -0.39 is 16.1 Å². The van der Waals surface area contributed by atoms with Crippen molar-refractivity contribution < 1.29 is 18.0 Å². The van der Waals surface area contributed by atoms with Crippen molar-refractivity contribution in [2.24, 2.45) is 5.14 Å². The number of sulfonamides is 1. The molecule has 120 valence electrons. The third kappa shape index (κ3) is 4.52. The number of nitrogens with one attached hydrogen (secondary N) is 3. The SMILES string of the molecule is NS(=O)(=O)c1ccc(CCNC(=O)C2CCC(=O)NN2)cc1. The third-order valence-corrected chi connectivity index (χ3v) is 4.26. The van der Waals surface area contributed by atoms with Gasteiger partial charge in [-0.25, -0.2) is 19.0 Å². The van der Waals surface area contributed by atoms with Crippen LogP contribution in [0.5, 0.6) is 0 Å². The molecule has 1 unspecified atom stereocenters. The summed E-state index contributed by atoms with van der Waals surface area (Å²) in [6.07, 6.45) is 1.34. The van der Waals surface area contributed by atoms with Crippen molar-refractivity contribution in [1.29, 1.82) is 0 Å². The number of hydrogen-bond acceptors (Lipinski definition) is 5. The monoisotopic (exact) mass is 326 g/mol. The fraction of sp³-hybridized carbons (Fsp3) is 0.385. The lowest BCUT2D eigenvalue weighted by Crippen LogP contribution is -2.55. The first kappa shape index (κ1) is 16.4. The van der Waals surface area contributed by atoms with E-state index >= 15 is 0 Å². The fourth-order valence-electron chi connectivity index (χ4n) is 2.07. The molecule has 1 aromatic rings. The van der Waals surface area contributed by atoms with Crippen molar-refractivity contribution >= 4 is 21.8 Å². The minimum atomic E-state index is -3.69. The molecule has 9 heteroatoms. The van der Waals surface area contributed by atoms with Crippen molar-refractivity contribution in [1.82, 2.24) is 16.2 Å². The smallest absolute Gasteiger partial charge is 0.238 e. The van der Waals surface area contributed by atoms with E-state index in [1.54, 1.807) is 12.1 Å². The highest BCUT2D eigenvalue weighted by Crippen LogP contribution is 2.09. The fourth-order valence-corrected chi connectivity index (χ4v) is 2.59. The van der Waals surface area contributed by atoms with Crippen molar-refractivity contribution in [2.75, 3.05) is 6.54 Å². The van der Waals surface area contributed by atoms with Gasteiger partial charge in [0.05, 0.1) is 4.90 Å². The lowest BCUT2D eigenvalue weighted by Gasteiger charge is -2.22. The number of rotatable bonds is 5. The molecule has 0 aromatic heterocycles. The molecule has 5 N–H and O–H groups in total. The summed E-state index contributed by atoms with van der Waals surface area (Å²) in [5.74, 6) is -0.305. The molecule has 0 saturated carbocycles. The van der Waals surface area contributed by atoms with Gasteiger partial charge >= 0.3 is 0 Å². The summed E-state index contributed by atoms with van der Waals surface area (Å²) in [6, 6.07) is 5.76. The summed E-state index contributed by atoms with van der Waals surface area (Å²) >= 11 is 0. The van der Waals surface area contributed by atoms with Crippen LogP contribution in [-0.2, 0) is 26.0 Å². The Morgan fingerprint density at radius 1 is 1.32 bits per heavy atom. The Bertz CT molecular complexity index is 647. The predicted molar refractivity (Wildman–Crippen MR) is 78.8 cm³/mol. The lowest BCUT2D eigenvalue weighted by molar-refractivity contribution is -0.128. The van der Waals surface area contributed by atoms with Gasteiger partial charge in [0.15, 0.2) is 0 Å². The summed E-state index contributed by atoms with van der Waals surface area (Å²) in [5, 5.41) is 7.78. The molecule has 1 fully saturated rings. The van der Waals surface area contributed by atoms with Crippen molar-refractivity contribution in [3.63, 3.8) is 0 Å². The van der Waals surface area contributed by atoms with Gasteiger partial charge in [-0.1, -0.05) is 12.1 Å². The van der Waals surface area contributed by atoms with Gasteiger partial charge < -0.3 is 5.32 Å². The van der Waals surface area contributed by atoms with Crippen LogP contribution in [0.2, 0.25) is 0 Å². The molecule has 2 amide bonds. The van der Waals surface area contributed by atoms with Crippen LogP contribution in [0.25, 0.3) is 0 Å². The van der Waals surface area contributed by atoms with E-state index in [2.05, 4.69) is 16.2 Å². The second-order valence-electron chi connectivity index (χ2n) is 5.01. The average Bonchev–Trinajstić information content (AvgIpc) is 2.47. The van der Waals surface area contributed by atoms with Gasteiger partial charge in [-0.05, 0) is 30.5 Å². The standard InChI is InChI=1S/C13H18N4O4S/c14-22(20,21)10-3-1-9(2-4-10)7-8-15-13(19)11-5-6-12(18)17-16-11/h1-4,11,16H,5-8H2,(H,15,19)(H,17,18)(H2,14,20,21). The van der Waals surface area contributed by atoms with E-state index in [0.29, 0.717) is 25.8 Å². The predicted octanol–water partition coefficient (Wildman–Crippen LogP) is -1.22. The molecule has 1 atom stereocenters. The summed E-state index contributed by atoms with van der Waals surface area (Å²) in [4.78, 5) is 22.9. The molecule has 0 aliphatic carbocycles. The maximum absolute atomic E-state index is 11.9. The molecule has 1 saturated heterocycles. The Morgan fingerprint density at radius 2 is 2.00 bits per heavy atom. The average molecular weight is 326 g/mol. The Balaban J connectivity index is 1.79. The number of nitrogens with two attached hydrogens (primary N) is 1. The number of benzene rings is 1. The third-order valence-electron chi connectivity index (χ3n) is 3.33. The number of carbonyl (C=O) groups excluding carboxylic acids is 2. The molecule has 0 radical (unpaired) electrons. The normalized spacial score (nSPS) is 18.6. The second kappa shape index (κ2) is 6.86. The first-order chi connectivity index (χ1) is 10.4. The van der Waals surface area contributed by atoms with Gasteiger partial charge in [0, 0.05) is 13.0 Å². The van der Waals surface area contributed by atoms with Crippen LogP contribution in [0.1, 0.15) is 18.4 Å². The zero-order valence-corrected chi connectivity index (χ0v) is 12.7. The molecule has 1 aliphatic heterocycles. The number of carbonyl (C=O) groups is 2. The zero-order valence-electron chi connectivity index (χ0n) is 11.8.